The summed E-state index contributed by atoms with van der Waals surface area (Å²) < 4.78 is 5.22. The largest absolute Gasteiger partial charge is 0.496 e. The lowest BCUT2D eigenvalue weighted by atomic mass is 10.1. The number of benzene rings is 1. The van der Waals surface area contributed by atoms with Gasteiger partial charge >= 0.3 is 0 Å². The normalized spacial score (nSPS) is 12.6. The number of halogens is 1. The minimum atomic E-state index is 0.198. The van der Waals surface area contributed by atoms with E-state index >= 15 is 0 Å². The predicted molar refractivity (Wildman–Crippen MR) is 55.5 cm³/mol. The van der Waals surface area contributed by atoms with Gasteiger partial charge in [-0.2, -0.15) is 0 Å². The average Bonchev–Trinajstić information content (AvgIpc) is 2.16. The summed E-state index contributed by atoms with van der Waals surface area (Å²) in [5.74, 6) is 0.828. The van der Waals surface area contributed by atoms with Crippen molar-refractivity contribution in [3.63, 3.8) is 0 Å². The molecule has 2 nitrogen and oxygen atoms in total. The van der Waals surface area contributed by atoms with Crippen molar-refractivity contribution in [3.05, 3.63) is 28.8 Å². The van der Waals surface area contributed by atoms with Crippen molar-refractivity contribution in [2.75, 3.05) is 14.2 Å². The van der Waals surface area contributed by atoms with Crippen molar-refractivity contribution in [2.24, 2.45) is 0 Å². The highest BCUT2D eigenvalue weighted by Crippen LogP contribution is 2.31. The van der Waals surface area contributed by atoms with Crippen molar-refractivity contribution >= 4 is 11.6 Å². The zero-order valence-corrected chi connectivity index (χ0v) is 8.85. The van der Waals surface area contributed by atoms with Crippen molar-refractivity contribution in [1.82, 2.24) is 5.32 Å². The van der Waals surface area contributed by atoms with Crippen LogP contribution in [0.1, 0.15) is 18.5 Å². The number of hydrogen-bond donors (Lipinski definition) is 1. The Labute approximate surface area is 83.9 Å². The lowest BCUT2D eigenvalue weighted by Crippen LogP contribution is -2.13. The Kier molecular flexibility index (Phi) is 3.58. The molecule has 3 heteroatoms. The third-order valence-electron chi connectivity index (χ3n) is 2.10. The molecule has 0 amide bonds. The van der Waals surface area contributed by atoms with Gasteiger partial charge in [0.1, 0.15) is 5.75 Å². The predicted octanol–water partition coefficient (Wildman–Crippen LogP) is 2.63. The second-order valence-electron chi connectivity index (χ2n) is 2.87. The summed E-state index contributed by atoms with van der Waals surface area (Å²) in [4.78, 5) is 0. The third-order valence-corrected chi connectivity index (χ3v) is 2.43. The molecule has 1 N–H and O–H groups in total. The Balaban J connectivity index is 3.14. The van der Waals surface area contributed by atoms with Gasteiger partial charge in [0.05, 0.1) is 7.11 Å². The van der Waals surface area contributed by atoms with Gasteiger partial charge in [-0.3, -0.25) is 0 Å². The summed E-state index contributed by atoms with van der Waals surface area (Å²) in [7, 11) is 3.55. The van der Waals surface area contributed by atoms with Crippen LogP contribution in [0.15, 0.2) is 18.2 Å². The lowest BCUT2D eigenvalue weighted by Gasteiger charge is -2.16. The van der Waals surface area contributed by atoms with E-state index < -0.39 is 0 Å². The Hall–Kier alpha value is -0.730. The SMILES string of the molecule is CNC(C)c1c(Cl)cccc1OC. The Morgan fingerprint density at radius 3 is 2.69 bits per heavy atom. The first-order valence-electron chi connectivity index (χ1n) is 4.20. The maximum atomic E-state index is 6.06. The van der Waals surface area contributed by atoms with Crippen molar-refractivity contribution in [3.8, 4) is 5.75 Å². The van der Waals surface area contributed by atoms with Crippen molar-refractivity contribution in [2.45, 2.75) is 13.0 Å². The van der Waals surface area contributed by atoms with E-state index in [4.69, 9.17) is 16.3 Å². The van der Waals surface area contributed by atoms with Gasteiger partial charge in [-0.1, -0.05) is 17.7 Å². The molecule has 0 saturated carbocycles. The standard InChI is InChI=1S/C10H14ClNO/c1-7(12-2)10-8(11)5-4-6-9(10)13-3/h4-7,12H,1-3H3. The summed E-state index contributed by atoms with van der Waals surface area (Å²) in [6, 6.07) is 5.86. The molecule has 0 spiro atoms. The number of methoxy groups -OCH3 is 1. The molecule has 13 heavy (non-hydrogen) atoms. The lowest BCUT2D eigenvalue weighted by molar-refractivity contribution is 0.404. The van der Waals surface area contributed by atoms with Crippen LogP contribution in [-0.4, -0.2) is 14.2 Å². The second kappa shape index (κ2) is 4.49. The molecule has 72 valence electrons. The Morgan fingerprint density at radius 1 is 1.46 bits per heavy atom. The van der Waals surface area contributed by atoms with Crippen LogP contribution in [0.4, 0.5) is 0 Å². The minimum Gasteiger partial charge on any atom is -0.496 e. The van der Waals surface area contributed by atoms with Crippen LogP contribution in [0.25, 0.3) is 0 Å². The molecule has 0 saturated heterocycles. The fraction of sp³-hybridized carbons (Fsp3) is 0.400. The number of rotatable bonds is 3. The molecule has 0 aliphatic heterocycles. The third kappa shape index (κ3) is 2.14. The highest BCUT2D eigenvalue weighted by atomic mass is 35.5. The fourth-order valence-electron chi connectivity index (χ4n) is 1.26. The van der Waals surface area contributed by atoms with E-state index in [0.29, 0.717) is 0 Å². The van der Waals surface area contributed by atoms with Crippen molar-refractivity contribution < 1.29 is 4.74 Å². The van der Waals surface area contributed by atoms with Gasteiger partial charge in [0, 0.05) is 16.6 Å². The van der Waals surface area contributed by atoms with Crippen LogP contribution in [0, 0.1) is 0 Å². The first kappa shape index (κ1) is 10.4. The molecule has 0 heterocycles. The second-order valence-corrected chi connectivity index (χ2v) is 3.27. The molecule has 0 bridgehead atoms. The number of hydrogen-bond acceptors (Lipinski definition) is 2. The molecular formula is C10H14ClNO. The van der Waals surface area contributed by atoms with Gasteiger partial charge in [-0.15, -0.1) is 0 Å². The molecular weight excluding hydrogens is 186 g/mol. The maximum Gasteiger partial charge on any atom is 0.125 e. The molecule has 1 rings (SSSR count). The summed E-state index contributed by atoms with van der Waals surface area (Å²) in [6.45, 7) is 2.05. The quantitative estimate of drug-likeness (QED) is 0.808. The van der Waals surface area contributed by atoms with E-state index in [-0.39, 0.29) is 6.04 Å². The van der Waals surface area contributed by atoms with Crippen LogP contribution in [-0.2, 0) is 0 Å². The molecule has 1 atom stereocenters. The topological polar surface area (TPSA) is 21.3 Å². The van der Waals surface area contributed by atoms with Gasteiger partial charge in [0.25, 0.3) is 0 Å². The van der Waals surface area contributed by atoms with Crippen LogP contribution >= 0.6 is 11.6 Å². The van der Waals surface area contributed by atoms with E-state index in [1.165, 1.54) is 0 Å². The molecule has 0 aromatic heterocycles. The summed E-state index contributed by atoms with van der Waals surface area (Å²) in [5, 5.41) is 3.87. The summed E-state index contributed by atoms with van der Waals surface area (Å²) in [5.41, 5.74) is 1.01. The van der Waals surface area contributed by atoms with Crippen molar-refractivity contribution in [1.29, 1.82) is 0 Å². The maximum absolute atomic E-state index is 6.06. The first-order chi connectivity index (χ1) is 6.20. The van der Waals surface area contributed by atoms with E-state index in [2.05, 4.69) is 5.32 Å². The van der Waals surface area contributed by atoms with Gasteiger partial charge in [0.15, 0.2) is 0 Å². The van der Waals surface area contributed by atoms with Gasteiger partial charge < -0.3 is 10.1 Å². The van der Waals surface area contributed by atoms with Gasteiger partial charge in [-0.05, 0) is 26.1 Å². The zero-order chi connectivity index (χ0) is 9.84. The minimum absolute atomic E-state index is 0.198. The van der Waals surface area contributed by atoms with Crippen LogP contribution in [0.3, 0.4) is 0 Å². The van der Waals surface area contributed by atoms with Crippen LogP contribution in [0.2, 0.25) is 5.02 Å². The molecule has 1 aromatic carbocycles. The number of nitrogens with one attached hydrogen (secondary N) is 1. The van der Waals surface area contributed by atoms with E-state index in [1.807, 2.05) is 32.2 Å². The fourth-order valence-corrected chi connectivity index (χ4v) is 1.59. The molecule has 0 fully saturated rings. The van der Waals surface area contributed by atoms with E-state index in [1.54, 1.807) is 7.11 Å². The summed E-state index contributed by atoms with van der Waals surface area (Å²) >= 11 is 6.06. The highest BCUT2D eigenvalue weighted by Gasteiger charge is 2.12. The van der Waals surface area contributed by atoms with E-state index in [0.717, 1.165) is 16.3 Å². The number of ether oxygens (including phenoxy) is 1. The molecule has 1 unspecified atom stereocenters. The van der Waals surface area contributed by atoms with Crippen LogP contribution in [0.5, 0.6) is 5.75 Å². The average molecular weight is 200 g/mol. The van der Waals surface area contributed by atoms with E-state index in [9.17, 15) is 0 Å². The Bertz CT molecular complexity index is 288. The monoisotopic (exact) mass is 199 g/mol. The smallest absolute Gasteiger partial charge is 0.125 e. The van der Waals surface area contributed by atoms with Crippen LogP contribution < -0.4 is 10.1 Å². The highest BCUT2D eigenvalue weighted by molar-refractivity contribution is 6.31. The first-order valence-corrected chi connectivity index (χ1v) is 4.58. The molecule has 0 radical (unpaired) electrons. The summed E-state index contributed by atoms with van der Waals surface area (Å²) in [6.07, 6.45) is 0. The van der Waals surface area contributed by atoms with Gasteiger partial charge in [0.2, 0.25) is 0 Å². The zero-order valence-electron chi connectivity index (χ0n) is 8.10. The molecule has 0 aliphatic rings. The molecule has 1 aromatic rings. The molecule has 0 aliphatic carbocycles. The Morgan fingerprint density at radius 2 is 2.15 bits per heavy atom. The van der Waals surface area contributed by atoms with Gasteiger partial charge in [-0.25, -0.2) is 0 Å².